The van der Waals surface area contributed by atoms with E-state index in [-0.39, 0.29) is 34.2 Å². The maximum atomic E-state index is 12.4. The van der Waals surface area contributed by atoms with Crippen molar-refractivity contribution in [1.82, 2.24) is 0 Å². The van der Waals surface area contributed by atoms with Crippen LogP contribution in [0.25, 0.3) is 0 Å². The molecule has 0 saturated heterocycles. The Kier molecular flexibility index (Phi) is 5.58. The maximum absolute atomic E-state index is 12.4. The molecule has 2 aromatic rings. The lowest BCUT2D eigenvalue weighted by Gasteiger charge is -2.11. The first kappa shape index (κ1) is 18.7. The molecule has 0 heterocycles. The van der Waals surface area contributed by atoms with Gasteiger partial charge in [0.15, 0.2) is 11.5 Å². The summed E-state index contributed by atoms with van der Waals surface area (Å²) < 4.78 is 34.9. The third kappa shape index (κ3) is 4.45. The van der Waals surface area contributed by atoms with Gasteiger partial charge < -0.3 is 8.92 Å². The Bertz CT molecular complexity index is 898. The second-order valence-electron chi connectivity index (χ2n) is 5.34. The van der Waals surface area contributed by atoms with E-state index in [0.717, 1.165) is 5.56 Å². The molecule has 0 saturated carbocycles. The molecule has 0 aliphatic heterocycles. The molecule has 0 amide bonds. The van der Waals surface area contributed by atoms with Crippen LogP contribution in [0, 0.1) is 6.92 Å². The van der Waals surface area contributed by atoms with Crippen molar-refractivity contribution >= 4 is 21.9 Å². The third-order valence-electron chi connectivity index (χ3n) is 3.37. The summed E-state index contributed by atoms with van der Waals surface area (Å²) in [4.78, 5) is 23.1. The zero-order valence-electron chi connectivity index (χ0n) is 14.1. The highest BCUT2D eigenvalue weighted by molar-refractivity contribution is 7.87. The molecule has 0 atom stereocenters. The number of ketones is 1. The summed E-state index contributed by atoms with van der Waals surface area (Å²) in [6.07, 6.45) is 0. The first-order valence-corrected chi connectivity index (χ1v) is 8.98. The summed E-state index contributed by atoms with van der Waals surface area (Å²) in [5, 5.41) is 0. The van der Waals surface area contributed by atoms with Crippen molar-refractivity contribution in [2.45, 2.75) is 25.7 Å². The van der Waals surface area contributed by atoms with E-state index >= 15 is 0 Å². The Hall–Kier alpha value is -2.67. The lowest BCUT2D eigenvalue weighted by atomic mass is 10.1. The van der Waals surface area contributed by atoms with E-state index in [1.807, 2.05) is 0 Å². The number of ether oxygens (including phenoxy) is 1. The lowest BCUT2D eigenvalue weighted by Crippen LogP contribution is -2.12. The van der Waals surface area contributed by atoms with E-state index in [9.17, 15) is 18.0 Å². The van der Waals surface area contributed by atoms with Crippen molar-refractivity contribution in [1.29, 1.82) is 0 Å². The van der Waals surface area contributed by atoms with Gasteiger partial charge in [0, 0.05) is 0 Å². The van der Waals surface area contributed by atoms with Crippen LogP contribution in [0.1, 0.15) is 40.1 Å². The summed E-state index contributed by atoms with van der Waals surface area (Å²) in [6, 6.07) is 9.90. The molecule has 0 fully saturated rings. The lowest BCUT2D eigenvalue weighted by molar-refractivity contribution is 0.0526. The zero-order valence-corrected chi connectivity index (χ0v) is 14.9. The van der Waals surface area contributed by atoms with Crippen LogP contribution in [0.3, 0.4) is 0 Å². The Morgan fingerprint density at radius 3 is 2.24 bits per heavy atom. The third-order valence-corrected chi connectivity index (χ3v) is 4.62. The first-order valence-electron chi connectivity index (χ1n) is 7.58. The largest absolute Gasteiger partial charge is 0.462 e. The van der Waals surface area contributed by atoms with Crippen LogP contribution in [0.2, 0.25) is 0 Å². The highest BCUT2D eigenvalue weighted by Crippen LogP contribution is 2.25. The molecule has 0 radical (unpaired) electrons. The van der Waals surface area contributed by atoms with Crippen molar-refractivity contribution in [2.75, 3.05) is 6.61 Å². The Balaban J connectivity index is 2.33. The fourth-order valence-electron chi connectivity index (χ4n) is 2.13. The standard InChI is InChI=1S/C18H18O6S/c1-4-23-18(20)14-6-8-15(9-7-14)25(21,22)24-17-11-12(2)5-10-16(17)13(3)19/h5-11H,4H2,1-3H3. The minimum atomic E-state index is -4.15. The zero-order chi connectivity index (χ0) is 18.6. The Labute approximate surface area is 146 Å². The number of rotatable bonds is 6. The van der Waals surface area contributed by atoms with Crippen molar-refractivity contribution in [3.63, 3.8) is 0 Å². The van der Waals surface area contributed by atoms with E-state index in [1.54, 1.807) is 19.9 Å². The van der Waals surface area contributed by atoms with Crippen LogP contribution >= 0.6 is 0 Å². The van der Waals surface area contributed by atoms with E-state index in [1.165, 1.54) is 43.3 Å². The minimum Gasteiger partial charge on any atom is -0.462 e. The molecule has 0 spiro atoms. The molecule has 2 rings (SSSR count). The monoisotopic (exact) mass is 362 g/mol. The molecule has 7 heteroatoms. The van der Waals surface area contributed by atoms with Crippen LogP contribution in [0.5, 0.6) is 5.75 Å². The molecule has 0 unspecified atom stereocenters. The van der Waals surface area contributed by atoms with Gasteiger partial charge in [-0.15, -0.1) is 0 Å². The van der Waals surface area contributed by atoms with Gasteiger partial charge in [-0.05, 0) is 62.7 Å². The van der Waals surface area contributed by atoms with Crippen molar-refractivity contribution in [2.24, 2.45) is 0 Å². The molecule has 0 N–H and O–H groups in total. The van der Waals surface area contributed by atoms with Gasteiger partial charge >= 0.3 is 16.1 Å². The molecule has 25 heavy (non-hydrogen) atoms. The normalized spacial score (nSPS) is 11.0. The number of hydrogen-bond acceptors (Lipinski definition) is 6. The fourth-order valence-corrected chi connectivity index (χ4v) is 3.07. The number of carbonyl (C=O) groups excluding carboxylic acids is 2. The van der Waals surface area contributed by atoms with Crippen LogP contribution < -0.4 is 4.18 Å². The van der Waals surface area contributed by atoms with E-state index in [4.69, 9.17) is 8.92 Å². The molecular formula is C18H18O6S. The van der Waals surface area contributed by atoms with Crippen molar-refractivity contribution in [3.05, 3.63) is 59.2 Å². The predicted molar refractivity (Wildman–Crippen MR) is 91.4 cm³/mol. The number of esters is 1. The van der Waals surface area contributed by atoms with Crippen LogP contribution in [-0.4, -0.2) is 26.8 Å². The fraction of sp³-hybridized carbons (Fsp3) is 0.222. The Morgan fingerprint density at radius 1 is 1.04 bits per heavy atom. The second-order valence-corrected chi connectivity index (χ2v) is 6.88. The number of Topliss-reactive ketones (excluding diaryl/α,β-unsaturated/α-hetero) is 1. The molecule has 0 aromatic heterocycles. The van der Waals surface area contributed by atoms with Gasteiger partial charge in [-0.3, -0.25) is 4.79 Å². The summed E-state index contributed by atoms with van der Waals surface area (Å²) in [6.45, 7) is 5.00. The van der Waals surface area contributed by atoms with Gasteiger partial charge in [0.05, 0.1) is 17.7 Å². The number of aryl methyl sites for hydroxylation is 1. The Morgan fingerprint density at radius 2 is 1.68 bits per heavy atom. The van der Waals surface area contributed by atoms with E-state index < -0.39 is 16.1 Å². The average Bonchev–Trinajstić information content (AvgIpc) is 2.54. The number of benzene rings is 2. The molecular weight excluding hydrogens is 344 g/mol. The van der Waals surface area contributed by atoms with Crippen molar-refractivity contribution < 1.29 is 26.9 Å². The predicted octanol–water partition coefficient (Wildman–Crippen LogP) is 3.14. The van der Waals surface area contributed by atoms with Crippen LogP contribution in [0.15, 0.2) is 47.4 Å². The summed E-state index contributed by atoms with van der Waals surface area (Å²) in [5.41, 5.74) is 1.17. The van der Waals surface area contributed by atoms with Crippen LogP contribution in [-0.2, 0) is 14.9 Å². The van der Waals surface area contributed by atoms with Gasteiger partial charge in [0.2, 0.25) is 0 Å². The smallest absolute Gasteiger partial charge is 0.339 e. The highest BCUT2D eigenvalue weighted by atomic mass is 32.2. The second kappa shape index (κ2) is 7.48. The summed E-state index contributed by atoms with van der Waals surface area (Å²) in [7, 11) is -4.15. The molecule has 132 valence electrons. The molecule has 0 aliphatic rings. The number of carbonyl (C=O) groups is 2. The summed E-state index contributed by atoms with van der Waals surface area (Å²) in [5.74, 6) is -0.866. The molecule has 0 bridgehead atoms. The first-order chi connectivity index (χ1) is 11.7. The molecule has 0 aliphatic carbocycles. The topological polar surface area (TPSA) is 86.7 Å². The molecule has 6 nitrogen and oxygen atoms in total. The highest BCUT2D eigenvalue weighted by Gasteiger charge is 2.20. The number of hydrogen-bond donors (Lipinski definition) is 0. The SMILES string of the molecule is CCOC(=O)c1ccc(S(=O)(=O)Oc2cc(C)ccc2C(C)=O)cc1. The quantitative estimate of drug-likeness (QED) is 0.446. The van der Waals surface area contributed by atoms with Gasteiger partial charge in [0.1, 0.15) is 4.90 Å². The van der Waals surface area contributed by atoms with Gasteiger partial charge in [-0.25, -0.2) is 4.79 Å². The average molecular weight is 362 g/mol. The van der Waals surface area contributed by atoms with E-state index in [0.29, 0.717) is 0 Å². The van der Waals surface area contributed by atoms with E-state index in [2.05, 4.69) is 0 Å². The summed E-state index contributed by atoms with van der Waals surface area (Å²) >= 11 is 0. The van der Waals surface area contributed by atoms with Gasteiger partial charge in [0.25, 0.3) is 0 Å². The van der Waals surface area contributed by atoms with Gasteiger partial charge in [-0.1, -0.05) is 6.07 Å². The van der Waals surface area contributed by atoms with Gasteiger partial charge in [-0.2, -0.15) is 8.42 Å². The molecule has 2 aromatic carbocycles. The van der Waals surface area contributed by atoms with Crippen LogP contribution in [0.4, 0.5) is 0 Å². The maximum Gasteiger partial charge on any atom is 0.339 e. The van der Waals surface area contributed by atoms with Crippen molar-refractivity contribution in [3.8, 4) is 5.75 Å². The minimum absolute atomic E-state index is 0.0260.